The molecule has 0 radical (unpaired) electrons. The normalized spacial score (nSPS) is 8.83. The third-order valence-electron chi connectivity index (χ3n) is 0.241. The molecule has 0 heterocycles. The summed E-state index contributed by atoms with van der Waals surface area (Å²) in [6, 6.07) is 0. The number of aliphatic imine (C=N–C) groups is 1. The third kappa shape index (κ3) is 3.14. The van der Waals surface area contributed by atoms with Crippen molar-refractivity contribution in [2.45, 2.75) is 0 Å². The zero-order valence-corrected chi connectivity index (χ0v) is 3.51. The molecule has 0 bridgehead atoms. The highest BCUT2D eigenvalue weighted by Crippen LogP contribution is 1.51. The predicted octanol–water partition coefficient (Wildman–Crippen LogP) is 0.268. The van der Waals surface area contributed by atoms with E-state index < -0.39 is 0 Å². The second kappa shape index (κ2) is 4.14. The van der Waals surface area contributed by atoms with Crippen molar-refractivity contribution in [1.82, 2.24) is 0 Å². The molecule has 0 unspecified atom stereocenters. The molecule has 0 aromatic rings. The van der Waals surface area contributed by atoms with Crippen molar-refractivity contribution in [2.75, 3.05) is 7.11 Å². The van der Waals surface area contributed by atoms with E-state index in [4.69, 9.17) is 5.41 Å². The van der Waals surface area contributed by atoms with Gasteiger partial charge in [-0.15, -0.1) is 0 Å². The minimum atomic E-state index is 0.906. The van der Waals surface area contributed by atoms with E-state index in [-0.39, 0.29) is 0 Å². The molecule has 0 aliphatic heterocycles. The molecule has 0 atom stereocenters. The minimum absolute atomic E-state index is 0.906. The SMILES string of the molecule is CO/C=N\C=N. The van der Waals surface area contributed by atoms with Crippen LogP contribution in [0.4, 0.5) is 0 Å². The number of hydrogen-bond acceptors (Lipinski definition) is 2. The highest BCUT2D eigenvalue weighted by atomic mass is 16.5. The van der Waals surface area contributed by atoms with Gasteiger partial charge in [0, 0.05) is 0 Å². The Morgan fingerprint density at radius 1 is 1.83 bits per heavy atom. The van der Waals surface area contributed by atoms with Gasteiger partial charge in [0.1, 0.15) is 6.34 Å². The predicted molar refractivity (Wildman–Crippen MR) is 24.3 cm³/mol. The van der Waals surface area contributed by atoms with E-state index in [1.807, 2.05) is 0 Å². The Labute approximate surface area is 36.2 Å². The lowest BCUT2D eigenvalue weighted by Gasteiger charge is -1.76. The van der Waals surface area contributed by atoms with Crippen molar-refractivity contribution >= 4 is 12.7 Å². The van der Waals surface area contributed by atoms with Gasteiger partial charge in [0.15, 0.2) is 6.40 Å². The van der Waals surface area contributed by atoms with Crippen LogP contribution in [0.2, 0.25) is 0 Å². The van der Waals surface area contributed by atoms with Crippen LogP contribution in [0, 0.1) is 5.41 Å². The molecule has 0 spiro atoms. The number of rotatable bonds is 2. The van der Waals surface area contributed by atoms with Crippen molar-refractivity contribution < 1.29 is 4.74 Å². The van der Waals surface area contributed by atoms with Crippen LogP contribution < -0.4 is 0 Å². The van der Waals surface area contributed by atoms with Crippen molar-refractivity contribution in [1.29, 1.82) is 5.41 Å². The van der Waals surface area contributed by atoms with Gasteiger partial charge in [-0.05, 0) is 0 Å². The fourth-order valence-corrected chi connectivity index (χ4v) is 0.0913. The molecule has 3 nitrogen and oxygen atoms in total. The van der Waals surface area contributed by atoms with Crippen LogP contribution in [0.1, 0.15) is 0 Å². The van der Waals surface area contributed by atoms with Gasteiger partial charge in [-0.1, -0.05) is 0 Å². The summed E-state index contributed by atoms with van der Waals surface area (Å²) >= 11 is 0. The first-order chi connectivity index (χ1) is 2.91. The maximum atomic E-state index is 6.30. The Hall–Kier alpha value is -0.860. The zero-order chi connectivity index (χ0) is 4.83. The molecule has 0 aromatic carbocycles. The van der Waals surface area contributed by atoms with E-state index >= 15 is 0 Å². The average Bonchev–Trinajstić information content (AvgIpc) is 1.61. The number of methoxy groups -OCH3 is 1. The Morgan fingerprint density at radius 2 is 2.50 bits per heavy atom. The standard InChI is InChI=1S/C3H6N2O/c1-6-3-5-2-4/h2-4H,1H3/b4-2?,5-3-. The van der Waals surface area contributed by atoms with Crippen molar-refractivity contribution in [3.8, 4) is 0 Å². The highest BCUT2D eigenvalue weighted by Gasteiger charge is 1.52. The summed E-state index contributed by atoms with van der Waals surface area (Å²) in [5.74, 6) is 0. The Balaban J connectivity index is 2.94. The van der Waals surface area contributed by atoms with E-state index in [0.717, 1.165) is 6.34 Å². The maximum absolute atomic E-state index is 6.30. The fraction of sp³-hybridized carbons (Fsp3) is 0.333. The molecule has 34 valence electrons. The monoisotopic (exact) mass is 86.0 g/mol. The van der Waals surface area contributed by atoms with Crippen LogP contribution in [0.25, 0.3) is 0 Å². The van der Waals surface area contributed by atoms with Gasteiger partial charge in [-0.2, -0.15) is 0 Å². The van der Waals surface area contributed by atoms with E-state index in [2.05, 4.69) is 9.73 Å². The largest absolute Gasteiger partial charge is 0.486 e. The molecule has 0 saturated carbocycles. The molecule has 0 amide bonds. The van der Waals surface area contributed by atoms with Gasteiger partial charge in [-0.3, -0.25) is 5.41 Å². The molecule has 6 heavy (non-hydrogen) atoms. The smallest absolute Gasteiger partial charge is 0.175 e. The first-order valence-corrected chi connectivity index (χ1v) is 1.45. The minimum Gasteiger partial charge on any atom is -0.486 e. The molecule has 0 aliphatic carbocycles. The summed E-state index contributed by atoms with van der Waals surface area (Å²) in [6.07, 6.45) is 2.09. The van der Waals surface area contributed by atoms with Crippen LogP contribution in [0.5, 0.6) is 0 Å². The Kier molecular flexibility index (Phi) is 3.55. The van der Waals surface area contributed by atoms with Gasteiger partial charge in [-0.25, -0.2) is 4.99 Å². The Bertz CT molecular complexity index is 59.8. The number of hydrogen-bond donors (Lipinski definition) is 1. The average molecular weight is 86.1 g/mol. The van der Waals surface area contributed by atoms with Crippen LogP contribution in [-0.2, 0) is 4.74 Å². The fourth-order valence-electron chi connectivity index (χ4n) is 0.0913. The van der Waals surface area contributed by atoms with Gasteiger partial charge in [0.25, 0.3) is 0 Å². The quantitative estimate of drug-likeness (QED) is 0.380. The van der Waals surface area contributed by atoms with Crippen LogP contribution in [-0.4, -0.2) is 19.8 Å². The lowest BCUT2D eigenvalue weighted by atomic mass is 11.2. The highest BCUT2D eigenvalue weighted by molar-refractivity contribution is 5.65. The second-order valence-electron chi connectivity index (χ2n) is 0.619. The van der Waals surface area contributed by atoms with Crippen molar-refractivity contribution in [3.63, 3.8) is 0 Å². The summed E-state index contributed by atoms with van der Waals surface area (Å²) in [7, 11) is 1.48. The van der Waals surface area contributed by atoms with Gasteiger partial charge >= 0.3 is 0 Å². The number of ether oxygens (including phenoxy) is 1. The number of nitrogens with zero attached hydrogens (tertiary/aromatic N) is 1. The van der Waals surface area contributed by atoms with E-state index in [1.54, 1.807) is 0 Å². The maximum Gasteiger partial charge on any atom is 0.175 e. The molecule has 3 heteroatoms. The van der Waals surface area contributed by atoms with E-state index in [0.29, 0.717) is 0 Å². The second-order valence-corrected chi connectivity index (χ2v) is 0.619. The summed E-state index contributed by atoms with van der Waals surface area (Å²) in [5.41, 5.74) is 0. The van der Waals surface area contributed by atoms with Gasteiger partial charge < -0.3 is 4.74 Å². The Morgan fingerprint density at radius 3 is 2.67 bits per heavy atom. The zero-order valence-electron chi connectivity index (χ0n) is 3.51. The van der Waals surface area contributed by atoms with Crippen molar-refractivity contribution in [3.05, 3.63) is 0 Å². The van der Waals surface area contributed by atoms with Crippen LogP contribution in [0.3, 0.4) is 0 Å². The lowest BCUT2D eigenvalue weighted by Crippen LogP contribution is -1.73. The van der Waals surface area contributed by atoms with Crippen molar-refractivity contribution in [2.24, 2.45) is 4.99 Å². The molecule has 0 aliphatic rings. The summed E-state index contributed by atoms with van der Waals surface area (Å²) < 4.78 is 4.34. The molecule has 1 N–H and O–H groups in total. The molecule has 0 aromatic heterocycles. The molecular formula is C3H6N2O. The van der Waals surface area contributed by atoms with Crippen LogP contribution >= 0.6 is 0 Å². The lowest BCUT2D eigenvalue weighted by molar-refractivity contribution is 0.423. The first kappa shape index (κ1) is 5.14. The third-order valence-corrected chi connectivity index (χ3v) is 0.241. The molecule has 0 saturated heterocycles. The topological polar surface area (TPSA) is 45.4 Å². The molecule has 0 fully saturated rings. The van der Waals surface area contributed by atoms with Crippen LogP contribution in [0.15, 0.2) is 4.99 Å². The number of nitrogens with one attached hydrogen (secondary N) is 1. The molecular weight excluding hydrogens is 80.0 g/mol. The summed E-state index contributed by atoms with van der Waals surface area (Å²) in [6.45, 7) is 0. The van der Waals surface area contributed by atoms with E-state index in [1.165, 1.54) is 13.5 Å². The summed E-state index contributed by atoms with van der Waals surface area (Å²) in [5, 5.41) is 6.30. The summed E-state index contributed by atoms with van der Waals surface area (Å²) in [4.78, 5) is 3.28. The van der Waals surface area contributed by atoms with Gasteiger partial charge in [0.05, 0.1) is 7.11 Å². The van der Waals surface area contributed by atoms with Gasteiger partial charge in [0.2, 0.25) is 0 Å². The molecule has 0 rings (SSSR count). The van der Waals surface area contributed by atoms with E-state index in [9.17, 15) is 0 Å². The first-order valence-electron chi connectivity index (χ1n) is 1.45.